The normalized spacial score (nSPS) is 16.1. The molecule has 4 heteroatoms. The molecule has 3 aromatic carbocycles. The Morgan fingerprint density at radius 1 is 0.906 bits per heavy atom. The number of methoxy groups -OCH3 is 1. The van der Waals surface area contributed by atoms with E-state index in [1.807, 2.05) is 66.7 Å². The lowest BCUT2D eigenvalue weighted by atomic mass is 9.91. The van der Waals surface area contributed by atoms with Gasteiger partial charge in [0, 0.05) is 17.1 Å². The minimum Gasteiger partial charge on any atom is -0.494 e. The first-order chi connectivity index (χ1) is 15.7. The van der Waals surface area contributed by atoms with E-state index in [0.29, 0.717) is 12.2 Å². The van der Waals surface area contributed by atoms with Crippen LogP contribution in [0.3, 0.4) is 0 Å². The molecule has 1 aliphatic rings. The topological polar surface area (TPSA) is 52.6 Å². The van der Waals surface area contributed by atoms with Gasteiger partial charge in [0.2, 0.25) is 0 Å². The molecule has 0 N–H and O–H groups in total. The molecule has 0 amide bonds. The van der Waals surface area contributed by atoms with Crippen LogP contribution in [-0.4, -0.2) is 25.5 Å². The highest BCUT2D eigenvalue weighted by Gasteiger charge is 2.33. The van der Waals surface area contributed by atoms with Crippen LogP contribution in [0.5, 0.6) is 5.75 Å². The number of ether oxygens (including phenoxy) is 2. The van der Waals surface area contributed by atoms with Crippen LogP contribution in [0.2, 0.25) is 0 Å². The Morgan fingerprint density at radius 3 is 2.38 bits per heavy atom. The summed E-state index contributed by atoms with van der Waals surface area (Å²) in [5, 5.41) is 0. The SMILES string of the molecule is COC(=O)c1ccc(/C=C2\C(=O)c3ccccc3C2CCCCOc2ccccc2)cc1. The average molecular weight is 427 g/mol. The van der Waals surface area contributed by atoms with E-state index in [-0.39, 0.29) is 17.7 Å². The lowest BCUT2D eigenvalue weighted by molar-refractivity contribution is 0.0600. The monoisotopic (exact) mass is 426 g/mol. The Balaban J connectivity index is 1.47. The molecule has 4 rings (SSSR count). The number of ketones is 1. The van der Waals surface area contributed by atoms with E-state index in [1.165, 1.54) is 7.11 Å². The number of hydrogen-bond acceptors (Lipinski definition) is 4. The number of unbranched alkanes of at least 4 members (excludes halogenated alkanes) is 1. The fourth-order valence-electron chi connectivity index (χ4n) is 4.14. The van der Waals surface area contributed by atoms with Crippen LogP contribution < -0.4 is 4.74 Å². The number of fused-ring (bicyclic) bond motifs is 1. The zero-order chi connectivity index (χ0) is 22.3. The summed E-state index contributed by atoms with van der Waals surface area (Å²) in [4.78, 5) is 24.8. The van der Waals surface area contributed by atoms with Crippen molar-refractivity contribution in [2.45, 2.75) is 25.2 Å². The second-order valence-corrected chi connectivity index (χ2v) is 7.84. The zero-order valence-corrected chi connectivity index (χ0v) is 18.1. The second kappa shape index (κ2) is 10.1. The van der Waals surface area contributed by atoms with Gasteiger partial charge in [0.1, 0.15) is 5.75 Å². The summed E-state index contributed by atoms with van der Waals surface area (Å²) < 4.78 is 10.6. The van der Waals surface area contributed by atoms with E-state index in [4.69, 9.17) is 9.47 Å². The van der Waals surface area contributed by atoms with Crippen molar-refractivity contribution < 1.29 is 19.1 Å². The number of para-hydroxylation sites is 1. The second-order valence-electron chi connectivity index (χ2n) is 7.84. The Hall–Kier alpha value is -3.66. The van der Waals surface area contributed by atoms with Gasteiger partial charge in [-0.2, -0.15) is 0 Å². The number of carbonyl (C=O) groups excluding carboxylic acids is 2. The third-order valence-electron chi connectivity index (χ3n) is 5.77. The maximum absolute atomic E-state index is 13.1. The van der Waals surface area contributed by atoms with Crippen LogP contribution in [0.25, 0.3) is 6.08 Å². The molecule has 0 fully saturated rings. The van der Waals surface area contributed by atoms with E-state index < -0.39 is 0 Å². The first-order valence-corrected chi connectivity index (χ1v) is 10.9. The number of esters is 1. The van der Waals surface area contributed by atoms with E-state index >= 15 is 0 Å². The third-order valence-corrected chi connectivity index (χ3v) is 5.77. The molecule has 0 aliphatic heterocycles. The van der Waals surface area contributed by atoms with Gasteiger partial charge < -0.3 is 9.47 Å². The minimum absolute atomic E-state index is 0.0655. The molecule has 0 heterocycles. The number of rotatable bonds is 8. The van der Waals surface area contributed by atoms with Gasteiger partial charge in [-0.25, -0.2) is 4.79 Å². The molecular formula is C28H26O4. The zero-order valence-electron chi connectivity index (χ0n) is 18.1. The summed E-state index contributed by atoms with van der Waals surface area (Å²) >= 11 is 0. The van der Waals surface area contributed by atoms with Gasteiger partial charge in [0.25, 0.3) is 0 Å². The average Bonchev–Trinajstić information content (AvgIpc) is 3.10. The molecule has 32 heavy (non-hydrogen) atoms. The van der Waals surface area contributed by atoms with Crippen molar-refractivity contribution in [1.29, 1.82) is 0 Å². The van der Waals surface area contributed by atoms with Crippen molar-refractivity contribution >= 4 is 17.8 Å². The van der Waals surface area contributed by atoms with Gasteiger partial charge in [-0.3, -0.25) is 4.79 Å². The standard InChI is InChI=1S/C28H26O4/c1-31-28(30)21-16-14-20(15-17-21)19-26-24(23-11-5-6-13-25(23)27(26)29)12-7-8-18-32-22-9-3-2-4-10-22/h2-6,9-11,13-17,19,24H,7-8,12,18H2,1H3/b26-19-. The van der Waals surface area contributed by atoms with Gasteiger partial charge in [-0.1, -0.05) is 54.6 Å². The molecule has 4 nitrogen and oxygen atoms in total. The van der Waals surface area contributed by atoms with E-state index in [0.717, 1.165) is 47.3 Å². The molecule has 0 radical (unpaired) electrons. The molecule has 1 aliphatic carbocycles. The summed E-state index contributed by atoms with van der Waals surface area (Å²) in [6, 6.07) is 24.8. The summed E-state index contributed by atoms with van der Waals surface area (Å²) in [5.74, 6) is 0.660. The van der Waals surface area contributed by atoms with E-state index in [9.17, 15) is 9.59 Å². The van der Waals surface area contributed by atoms with Crippen molar-refractivity contribution in [3.05, 3.63) is 107 Å². The molecule has 0 spiro atoms. The fraction of sp³-hybridized carbons (Fsp3) is 0.214. The number of allylic oxidation sites excluding steroid dienone is 1. The van der Waals surface area contributed by atoms with Crippen LogP contribution in [-0.2, 0) is 4.74 Å². The fourth-order valence-corrected chi connectivity index (χ4v) is 4.14. The summed E-state index contributed by atoms with van der Waals surface area (Å²) in [6.07, 6.45) is 4.71. The maximum atomic E-state index is 13.1. The van der Waals surface area contributed by atoms with Crippen molar-refractivity contribution in [3.63, 3.8) is 0 Å². The predicted octanol–water partition coefficient (Wildman–Crippen LogP) is 6.09. The van der Waals surface area contributed by atoms with Gasteiger partial charge in [0.05, 0.1) is 19.3 Å². The quantitative estimate of drug-likeness (QED) is 0.249. The van der Waals surface area contributed by atoms with Crippen molar-refractivity contribution in [3.8, 4) is 5.75 Å². The van der Waals surface area contributed by atoms with Crippen molar-refractivity contribution in [1.82, 2.24) is 0 Å². The van der Waals surface area contributed by atoms with Crippen LogP contribution in [0.4, 0.5) is 0 Å². The summed E-state index contributed by atoms with van der Waals surface area (Å²) in [7, 11) is 1.36. The number of Topliss-reactive ketones (excluding diaryl/α,β-unsaturated/α-hetero) is 1. The molecule has 162 valence electrons. The Kier molecular flexibility index (Phi) is 6.81. The lowest BCUT2D eigenvalue weighted by Crippen LogP contribution is -2.03. The van der Waals surface area contributed by atoms with Crippen LogP contribution in [0.15, 0.2) is 84.4 Å². The highest BCUT2D eigenvalue weighted by molar-refractivity contribution is 6.16. The van der Waals surface area contributed by atoms with Gasteiger partial charge in [0.15, 0.2) is 5.78 Å². The van der Waals surface area contributed by atoms with E-state index in [1.54, 1.807) is 12.1 Å². The summed E-state index contributed by atoms with van der Waals surface area (Å²) in [6.45, 7) is 0.653. The number of hydrogen-bond donors (Lipinski definition) is 0. The van der Waals surface area contributed by atoms with Crippen LogP contribution >= 0.6 is 0 Å². The molecule has 0 saturated carbocycles. The third kappa shape index (κ3) is 4.80. The first kappa shape index (κ1) is 21.6. The van der Waals surface area contributed by atoms with Crippen LogP contribution in [0, 0.1) is 0 Å². The minimum atomic E-state index is -0.371. The Morgan fingerprint density at radius 2 is 1.62 bits per heavy atom. The van der Waals surface area contributed by atoms with Gasteiger partial charge in [-0.05, 0) is 60.7 Å². The van der Waals surface area contributed by atoms with Crippen LogP contribution in [0.1, 0.15) is 57.0 Å². The van der Waals surface area contributed by atoms with Crippen molar-refractivity contribution in [2.24, 2.45) is 0 Å². The summed E-state index contributed by atoms with van der Waals surface area (Å²) in [5.41, 5.74) is 4.08. The molecule has 0 bridgehead atoms. The molecule has 0 saturated heterocycles. The molecule has 3 aromatic rings. The maximum Gasteiger partial charge on any atom is 0.337 e. The predicted molar refractivity (Wildman–Crippen MR) is 125 cm³/mol. The van der Waals surface area contributed by atoms with Gasteiger partial charge >= 0.3 is 5.97 Å². The first-order valence-electron chi connectivity index (χ1n) is 10.9. The molecular weight excluding hydrogens is 400 g/mol. The molecule has 1 atom stereocenters. The van der Waals surface area contributed by atoms with Crippen molar-refractivity contribution in [2.75, 3.05) is 13.7 Å². The highest BCUT2D eigenvalue weighted by Crippen LogP contribution is 2.41. The lowest BCUT2D eigenvalue weighted by Gasteiger charge is -2.13. The molecule has 0 aromatic heterocycles. The number of carbonyl (C=O) groups is 2. The number of benzene rings is 3. The smallest absolute Gasteiger partial charge is 0.337 e. The largest absolute Gasteiger partial charge is 0.494 e. The van der Waals surface area contributed by atoms with Gasteiger partial charge in [-0.15, -0.1) is 0 Å². The molecule has 1 unspecified atom stereocenters. The highest BCUT2D eigenvalue weighted by atomic mass is 16.5. The van der Waals surface area contributed by atoms with E-state index in [2.05, 4.69) is 6.07 Å². The Labute approximate surface area is 188 Å². The Bertz CT molecular complexity index is 1110.